The predicted octanol–water partition coefficient (Wildman–Crippen LogP) is 3.78. The zero-order valence-electron chi connectivity index (χ0n) is 15.6. The van der Waals surface area contributed by atoms with Crippen LogP contribution in [0.1, 0.15) is 64.4 Å². The number of aromatic nitrogens is 4. The Morgan fingerprint density at radius 2 is 1.84 bits per heavy atom. The molecule has 0 saturated carbocycles. The second kappa shape index (κ2) is 7.20. The van der Waals surface area contributed by atoms with Crippen LogP contribution in [0.5, 0.6) is 0 Å². The van der Waals surface area contributed by atoms with E-state index in [0.717, 1.165) is 49.7 Å². The fourth-order valence-electron chi connectivity index (χ4n) is 3.40. The fraction of sp³-hybridized carbons (Fsp3) is 0.632. The lowest BCUT2D eigenvalue weighted by Crippen LogP contribution is -2.40. The van der Waals surface area contributed by atoms with Gasteiger partial charge in [-0.25, -0.2) is 9.07 Å². The van der Waals surface area contributed by atoms with Gasteiger partial charge in [0.15, 0.2) is 5.82 Å². The maximum atomic E-state index is 13.5. The number of piperidine rings is 1. The fourth-order valence-corrected chi connectivity index (χ4v) is 3.40. The third-order valence-electron chi connectivity index (χ3n) is 5.55. The molecular formula is C19H28FN5. The SMILES string of the molecule is CCC(C)(C)n1nnnc1[C@H](c1ccc(F)cc1)N1CCC(C)CC1. The Morgan fingerprint density at radius 1 is 1.20 bits per heavy atom. The van der Waals surface area contributed by atoms with Crippen molar-refractivity contribution in [1.82, 2.24) is 25.1 Å². The Kier molecular flexibility index (Phi) is 5.18. The molecule has 0 N–H and O–H groups in total. The molecule has 1 aromatic carbocycles. The van der Waals surface area contributed by atoms with Crippen LogP contribution in [0.4, 0.5) is 4.39 Å². The molecule has 0 radical (unpaired) electrons. The number of tetrazole rings is 1. The molecule has 1 saturated heterocycles. The van der Waals surface area contributed by atoms with Crippen molar-refractivity contribution in [2.75, 3.05) is 13.1 Å². The third-order valence-corrected chi connectivity index (χ3v) is 5.55. The number of nitrogens with zero attached hydrogens (tertiary/aromatic N) is 5. The highest BCUT2D eigenvalue weighted by molar-refractivity contribution is 5.26. The molecule has 2 heterocycles. The van der Waals surface area contributed by atoms with Gasteiger partial charge in [0.1, 0.15) is 5.82 Å². The van der Waals surface area contributed by atoms with Crippen molar-refractivity contribution in [1.29, 1.82) is 0 Å². The van der Waals surface area contributed by atoms with Crippen molar-refractivity contribution in [3.63, 3.8) is 0 Å². The summed E-state index contributed by atoms with van der Waals surface area (Å²) in [5, 5.41) is 12.6. The Morgan fingerprint density at radius 3 is 2.44 bits per heavy atom. The second-order valence-corrected chi connectivity index (χ2v) is 7.79. The lowest BCUT2D eigenvalue weighted by molar-refractivity contribution is 0.143. The average Bonchev–Trinajstić information content (AvgIpc) is 3.09. The number of halogens is 1. The molecule has 3 rings (SSSR count). The largest absolute Gasteiger partial charge is 0.290 e. The van der Waals surface area contributed by atoms with E-state index in [4.69, 9.17) is 0 Å². The van der Waals surface area contributed by atoms with Crippen LogP contribution < -0.4 is 0 Å². The van der Waals surface area contributed by atoms with Gasteiger partial charge in [-0.05, 0) is 80.2 Å². The highest BCUT2D eigenvalue weighted by Gasteiger charge is 2.33. The molecule has 1 fully saturated rings. The number of rotatable bonds is 5. The maximum absolute atomic E-state index is 13.5. The molecule has 25 heavy (non-hydrogen) atoms. The van der Waals surface area contributed by atoms with Crippen LogP contribution in [-0.4, -0.2) is 38.2 Å². The Hall–Kier alpha value is -1.82. The van der Waals surface area contributed by atoms with E-state index in [-0.39, 0.29) is 17.4 Å². The summed E-state index contributed by atoms with van der Waals surface area (Å²) in [4.78, 5) is 2.43. The van der Waals surface area contributed by atoms with Crippen LogP contribution in [0.25, 0.3) is 0 Å². The molecule has 2 aromatic rings. The monoisotopic (exact) mass is 345 g/mol. The first-order chi connectivity index (χ1) is 11.9. The topological polar surface area (TPSA) is 46.8 Å². The van der Waals surface area contributed by atoms with Crippen LogP contribution >= 0.6 is 0 Å². The van der Waals surface area contributed by atoms with Crippen LogP contribution in [0, 0.1) is 11.7 Å². The van der Waals surface area contributed by atoms with Gasteiger partial charge in [0, 0.05) is 0 Å². The zero-order chi connectivity index (χ0) is 18.0. The summed E-state index contributed by atoms with van der Waals surface area (Å²) in [5.74, 6) is 1.37. The van der Waals surface area contributed by atoms with Crippen molar-refractivity contribution in [2.45, 2.75) is 58.5 Å². The number of benzene rings is 1. The van der Waals surface area contributed by atoms with Gasteiger partial charge in [0.2, 0.25) is 0 Å². The van der Waals surface area contributed by atoms with E-state index in [9.17, 15) is 4.39 Å². The van der Waals surface area contributed by atoms with Crippen LogP contribution in [0.3, 0.4) is 0 Å². The smallest absolute Gasteiger partial charge is 0.173 e. The quantitative estimate of drug-likeness (QED) is 0.827. The molecule has 0 aliphatic carbocycles. The van der Waals surface area contributed by atoms with Gasteiger partial charge in [0.25, 0.3) is 0 Å². The first-order valence-corrected chi connectivity index (χ1v) is 9.20. The summed E-state index contributed by atoms with van der Waals surface area (Å²) in [5.41, 5.74) is 0.874. The van der Waals surface area contributed by atoms with E-state index in [1.165, 1.54) is 12.1 Å². The molecule has 0 amide bonds. The highest BCUT2D eigenvalue weighted by Crippen LogP contribution is 2.33. The Balaban J connectivity index is 2.03. The minimum Gasteiger partial charge on any atom is -0.290 e. The standard InChI is InChI=1S/C19H28FN5/c1-5-19(3,4)25-18(21-22-23-25)17(15-6-8-16(20)9-7-15)24-12-10-14(2)11-13-24/h6-9,14,17H,5,10-13H2,1-4H3/t17-/m0/s1. The number of likely N-dealkylation sites (tertiary alicyclic amines) is 1. The van der Waals surface area contributed by atoms with Gasteiger partial charge in [-0.1, -0.05) is 26.0 Å². The number of hydrogen-bond donors (Lipinski definition) is 0. The summed E-state index contributed by atoms with van der Waals surface area (Å²) in [6.07, 6.45) is 3.26. The van der Waals surface area contributed by atoms with Crippen LogP contribution in [0.2, 0.25) is 0 Å². The zero-order valence-corrected chi connectivity index (χ0v) is 15.6. The van der Waals surface area contributed by atoms with E-state index in [1.807, 2.05) is 16.8 Å². The van der Waals surface area contributed by atoms with Crippen molar-refractivity contribution >= 4 is 0 Å². The molecule has 5 nitrogen and oxygen atoms in total. The van der Waals surface area contributed by atoms with E-state index >= 15 is 0 Å². The molecule has 1 aromatic heterocycles. The summed E-state index contributed by atoms with van der Waals surface area (Å²) < 4.78 is 15.4. The first-order valence-electron chi connectivity index (χ1n) is 9.20. The third kappa shape index (κ3) is 3.73. The maximum Gasteiger partial charge on any atom is 0.173 e. The van der Waals surface area contributed by atoms with E-state index in [1.54, 1.807) is 0 Å². The van der Waals surface area contributed by atoms with Crippen molar-refractivity contribution in [3.05, 3.63) is 41.5 Å². The highest BCUT2D eigenvalue weighted by atomic mass is 19.1. The van der Waals surface area contributed by atoms with Crippen molar-refractivity contribution in [2.24, 2.45) is 5.92 Å². The molecular weight excluding hydrogens is 317 g/mol. The molecule has 6 heteroatoms. The van der Waals surface area contributed by atoms with Gasteiger partial charge in [0.05, 0.1) is 11.6 Å². The molecule has 136 valence electrons. The van der Waals surface area contributed by atoms with Crippen LogP contribution in [0.15, 0.2) is 24.3 Å². The first kappa shape index (κ1) is 18.0. The Bertz CT molecular complexity index is 686. The summed E-state index contributed by atoms with van der Waals surface area (Å²) in [6.45, 7) is 10.7. The minimum absolute atomic E-state index is 0.0473. The molecule has 0 spiro atoms. The lowest BCUT2D eigenvalue weighted by Gasteiger charge is -2.37. The molecule has 0 bridgehead atoms. The molecule has 1 aliphatic heterocycles. The summed E-state index contributed by atoms with van der Waals surface area (Å²) in [7, 11) is 0. The molecule has 1 aliphatic rings. The Labute approximate surface area is 149 Å². The van der Waals surface area contributed by atoms with Crippen LogP contribution in [-0.2, 0) is 5.54 Å². The van der Waals surface area contributed by atoms with E-state index in [2.05, 4.69) is 48.1 Å². The number of hydrogen-bond acceptors (Lipinski definition) is 4. The minimum atomic E-state index is -0.219. The normalized spacial score (nSPS) is 18.4. The van der Waals surface area contributed by atoms with Gasteiger partial charge in [-0.2, -0.15) is 0 Å². The van der Waals surface area contributed by atoms with E-state index in [0.29, 0.717) is 0 Å². The van der Waals surface area contributed by atoms with Gasteiger partial charge >= 0.3 is 0 Å². The van der Waals surface area contributed by atoms with Crippen molar-refractivity contribution in [3.8, 4) is 0 Å². The second-order valence-electron chi connectivity index (χ2n) is 7.79. The van der Waals surface area contributed by atoms with E-state index < -0.39 is 0 Å². The average molecular weight is 345 g/mol. The van der Waals surface area contributed by atoms with Gasteiger partial charge in [-0.15, -0.1) is 5.10 Å². The van der Waals surface area contributed by atoms with Gasteiger partial charge in [-0.3, -0.25) is 4.90 Å². The lowest BCUT2D eigenvalue weighted by atomic mass is 9.94. The van der Waals surface area contributed by atoms with Gasteiger partial charge < -0.3 is 0 Å². The summed E-state index contributed by atoms with van der Waals surface area (Å²) in [6, 6.07) is 6.71. The predicted molar refractivity (Wildman–Crippen MR) is 95.6 cm³/mol. The van der Waals surface area contributed by atoms with Crippen molar-refractivity contribution < 1.29 is 4.39 Å². The summed E-state index contributed by atoms with van der Waals surface area (Å²) >= 11 is 0. The molecule has 1 atom stereocenters. The molecule has 0 unspecified atom stereocenters.